The Hall–Kier alpha value is -2.98. The summed E-state index contributed by atoms with van der Waals surface area (Å²) in [7, 11) is -1.84. The van der Waals surface area contributed by atoms with Gasteiger partial charge in [0.2, 0.25) is 10.0 Å². The Morgan fingerprint density at radius 2 is 1.79 bits per heavy atom. The number of hydrogen-bond donors (Lipinski definition) is 1. The van der Waals surface area contributed by atoms with Gasteiger partial charge >= 0.3 is 5.97 Å². The van der Waals surface area contributed by atoms with Gasteiger partial charge in [0.15, 0.2) is 4.90 Å². The van der Waals surface area contributed by atoms with E-state index in [1.54, 1.807) is 30.3 Å². The molecule has 1 N–H and O–H groups in total. The summed E-state index contributed by atoms with van der Waals surface area (Å²) in [5.41, 5.74) is -0.121. The van der Waals surface area contributed by atoms with Crippen molar-refractivity contribution < 1.29 is 27.6 Å². The van der Waals surface area contributed by atoms with Crippen molar-refractivity contribution in [2.24, 2.45) is 5.92 Å². The van der Waals surface area contributed by atoms with Crippen molar-refractivity contribution in [2.45, 2.75) is 17.9 Å². The minimum Gasteiger partial charge on any atom is -0.497 e. The average molecular weight is 408 g/mol. The molecule has 2 atom stereocenters. The number of methoxy groups -OCH3 is 2. The standard InChI is InChI=1S/C18H20N2O7S/c1-12(18(21)27-3)17(13-7-5-4-6-8-13)19-28(24,25)16-10-9-14(26-2)11-15(16)20(22)23/h4-12,17,19H,1-3H3/t12-,17+/m1/s1. The van der Waals surface area contributed by atoms with Gasteiger partial charge in [-0.1, -0.05) is 37.3 Å². The maximum Gasteiger partial charge on any atom is 0.310 e. The summed E-state index contributed by atoms with van der Waals surface area (Å²) in [6, 6.07) is 10.9. The van der Waals surface area contributed by atoms with E-state index in [-0.39, 0.29) is 5.75 Å². The van der Waals surface area contributed by atoms with E-state index in [1.165, 1.54) is 27.2 Å². The molecule has 0 bridgehead atoms. The first-order chi connectivity index (χ1) is 13.2. The average Bonchev–Trinajstić information content (AvgIpc) is 2.70. The van der Waals surface area contributed by atoms with Crippen LogP contribution >= 0.6 is 0 Å². The molecule has 150 valence electrons. The molecule has 0 saturated carbocycles. The number of rotatable bonds is 8. The number of ether oxygens (including phenoxy) is 2. The molecule has 0 aromatic heterocycles. The molecule has 0 spiro atoms. The highest BCUT2D eigenvalue weighted by molar-refractivity contribution is 7.89. The van der Waals surface area contributed by atoms with Crippen LogP contribution in [0.3, 0.4) is 0 Å². The zero-order valence-electron chi connectivity index (χ0n) is 15.5. The molecule has 28 heavy (non-hydrogen) atoms. The van der Waals surface area contributed by atoms with Gasteiger partial charge in [0.05, 0.1) is 37.2 Å². The molecule has 0 aliphatic carbocycles. The topological polar surface area (TPSA) is 125 Å². The van der Waals surface area contributed by atoms with Gasteiger partial charge in [-0.15, -0.1) is 0 Å². The first-order valence-electron chi connectivity index (χ1n) is 8.18. The third kappa shape index (κ3) is 4.65. The second-order valence-corrected chi connectivity index (χ2v) is 7.59. The van der Waals surface area contributed by atoms with Crippen molar-refractivity contribution in [1.29, 1.82) is 0 Å². The lowest BCUT2D eigenvalue weighted by atomic mass is 9.95. The van der Waals surface area contributed by atoms with Crippen molar-refractivity contribution >= 4 is 21.7 Å². The molecule has 2 aromatic rings. The van der Waals surface area contributed by atoms with Crippen LogP contribution in [0.5, 0.6) is 5.75 Å². The molecule has 0 fully saturated rings. The van der Waals surface area contributed by atoms with E-state index in [1.807, 2.05) is 0 Å². The van der Waals surface area contributed by atoms with Gasteiger partial charge in [-0.3, -0.25) is 14.9 Å². The van der Waals surface area contributed by atoms with Crippen LogP contribution in [0.4, 0.5) is 5.69 Å². The molecule has 2 aromatic carbocycles. The Bertz CT molecular complexity index is 961. The van der Waals surface area contributed by atoms with E-state index in [4.69, 9.17) is 9.47 Å². The van der Waals surface area contributed by atoms with Crippen LogP contribution < -0.4 is 9.46 Å². The zero-order chi connectivity index (χ0) is 20.9. The lowest BCUT2D eigenvalue weighted by Gasteiger charge is -2.23. The predicted molar refractivity (Wildman–Crippen MR) is 100 cm³/mol. The fraction of sp³-hybridized carbons (Fsp3) is 0.278. The van der Waals surface area contributed by atoms with Crippen LogP contribution in [0, 0.1) is 16.0 Å². The van der Waals surface area contributed by atoms with Gasteiger partial charge < -0.3 is 9.47 Å². The Balaban J connectivity index is 2.51. The number of hydrogen-bond acceptors (Lipinski definition) is 7. The largest absolute Gasteiger partial charge is 0.497 e. The van der Waals surface area contributed by atoms with Crippen LogP contribution in [0.15, 0.2) is 53.4 Å². The number of carbonyl (C=O) groups excluding carboxylic acids is 1. The molecular formula is C18H20N2O7S. The third-order valence-electron chi connectivity index (χ3n) is 4.17. The van der Waals surface area contributed by atoms with Crippen LogP contribution in [-0.4, -0.2) is 33.5 Å². The molecule has 0 unspecified atom stereocenters. The van der Waals surface area contributed by atoms with Gasteiger partial charge in [0.25, 0.3) is 5.69 Å². The van der Waals surface area contributed by atoms with Gasteiger partial charge in [-0.2, -0.15) is 0 Å². The molecule has 0 radical (unpaired) electrons. The monoisotopic (exact) mass is 408 g/mol. The Kier molecular flexibility index (Phi) is 6.71. The van der Waals surface area contributed by atoms with Crippen LogP contribution in [0.2, 0.25) is 0 Å². The summed E-state index contributed by atoms with van der Waals surface area (Å²) in [6.07, 6.45) is 0. The number of nitro groups is 1. The highest BCUT2D eigenvalue weighted by atomic mass is 32.2. The van der Waals surface area contributed by atoms with Gasteiger partial charge in [-0.25, -0.2) is 13.1 Å². The second-order valence-electron chi connectivity index (χ2n) is 5.91. The van der Waals surface area contributed by atoms with Crippen molar-refractivity contribution in [3.05, 3.63) is 64.2 Å². The lowest BCUT2D eigenvalue weighted by molar-refractivity contribution is -0.387. The molecule has 0 aliphatic rings. The second kappa shape index (κ2) is 8.81. The molecule has 9 nitrogen and oxygen atoms in total. The Morgan fingerprint density at radius 3 is 2.32 bits per heavy atom. The van der Waals surface area contributed by atoms with Crippen LogP contribution in [0.1, 0.15) is 18.5 Å². The highest BCUT2D eigenvalue weighted by Gasteiger charge is 2.34. The van der Waals surface area contributed by atoms with Crippen LogP contribution in [0.25, 0.3) is 0 Å². The summed E-state index contributed by atoms with van der Waals surface area (Å²) in [5.74, 6) is -1.35. The molecule has 2 rings (SSSR count). The molecule has 0 amide bonds. The predicted octanol–water partition coefficient (Wildman–Crippen LogP) is 2.43. The van der Waals surface area contributed by atoms with Gasteiger partial charge in [0, 0.05) is 0 Å². The quantitative estimate of drug-likeness (QED) is 0.404. The summed E-state index contributed by atoms with van der Waals surface area (Å²) in [4.78, 5) is 22.1. The fourth-order valence-corrected chi connectivity index (χ4v) is 4.12. The molecule has 10 heteroatoms. The van der Waals surface area contributed by atoms with E-state index < -0.39 is 43.5 Å². The smallest absolute Gasteiger partial charge is 0.310 e. The SMILES string of the molecule is COC(=O)[C@H](C)[C@H](NS(=O)(=O)c1ccc(OC)cc1[N+](=O)[O-])c1ccccc1. The normalized spacial score (nSPS) is 13.4. The van der Waals surface area contributed by atoms with Crippen molar-refractivity contribution in [2.75, 3.05) is 14.2 Å². The Labute approximate surface area is 162 Å². The number of nitro benzene ring substituents is 1. The molecule has 0 aliphatic heterocycles. The molecular weight excluding hydrogens is 388 g/mol. The maximum atomic E-state index is 12.9. The first kappa shape index (κ1) is 21.3. The van der Waals surface area contributed by atoms with E-state index in [2.05, 4.69) is 4.72 Å². The van der Waals surface area contributed by atoms with E-state index in [0.717, 1.165) is 12.1 Å². The fourth-order valence-electron chi connectivity index (χ4n) is 2.67. The first-order valence-corrected chi connectivity index (χ1v) is 9.67. The van der Waals surface area contributed by atoms with Crippen molar-refractivity contribution in [3.8, 4) is 5.75 Å². The summed E-state index contributed by atoms with van der Waals surface area (Å²) >= 11 is 0. The minimum absolute atomic E-state index is 0.146. The minimum atomic E-state index is -4.35. The molecule has 0 heterocycles. The van der Waals surface area contributed by atoms with E-state index in [0.29, 0.717) is 5.56 Å². The third-order valence-corrected chi connectivity index (χ3v) is 5.65. The summed E-state index contributed by atoms with van der Waals surface area (Å²) < 4.78 is 38.0. The van der Waals surface area contributed by atoms with Crippen molar-refractivity contribution in [3.63, 3.8) is 0 Å². The summed E-state index contributed by atoms with van der Waals surface area (Å²) in [5, 5.41) is 11.4. The maximum absolute atomic E-state index is 12.9. The number of sulfonamides is 1. The number of benzene rings is 2. The number of esters is 1. The molecule has 0 saturated heterocycles. The van der Waals surface area contributed by atoms with Gasteiger partial charge in [0.1, 0.15) is 5.75 Å². The van der Waals surface area contributed by atoms with Crippen LogP contribution in [-0.2, 0) is 19.6 Å². The van der Waals surface area contributed by atoms with Gasteiger partial charge in [-0.05, 0) is 17.7 Å². The number of carbonyl (C=O) groups is 1. The highest BCUT2D eigenvalue weighted by Crippen LogP contribution is 2.31. The summed E-state index contributed by atoms with van der Waals surface area (Å²) in [6.45, 7) is 1.51. The number of nitrogens with zero attached hydrogens (tertiary/aromatic N) is 1. The Morgan fingerprint density at radius 1 is 1.14 bits per heavy atom. The lowest BCUT2D eigenvalue weighted by Crippen LogP contribution is -2.36. The van der Waals surface area contributed by atoms with E-state index >= 15 is 0 Å². The van der Waals surface area contributed by atoms with Crippen molar-refractivity contribution in [1.82, 2.24) is 4.72 Å². The number of nitrogens with one attached hydrogen (secondary N) is 1. The zero-order valence-corrected chi connectivity index (χ0v) is 16.3. The van der Waals surface area contributed by atoms with E-state index in [9.17, 15) is 23.3 Å².